The quantitative estimate of drug-likeness (QED) is 0.770. The van der Waals surface area contributed by atoms with Crippen molar-refractivity contribution >= 4 is 16.9 Å². The number of rotatable bonds is 3. The Morgan fingerprint density at radius 3 is 3.16 bits per heavy atom. The molecule has 1 amide bonds. The number of fused-ring (bicyclic) bond motifs is 2. The van der Waals surface area contributed by atoms with Gasteiger partial charge in [-0.3, -0.25) is 9.78 Å². The van der Waals surface area contributed by atoms with Gasteiger partial charge in [0, 0.05) is 23.7 Å². The first-order valence-corrected chi connectivity index (χ1v) is 8.26. The van der Waals surface area contributed by atoms with Gasteiger partial charge >= 0.3 is 0 Å². The van der Waals surface area contributed by atoms with Crippen molar-refractivity contribution in [2.75, 3.05) is 6.54 Å². The molecule has 0 radical (unpaired) electrons. The van der Waals surface area contributed by atoms with Crippen molar-refractivity contribution in [2.24, 2.45) is 0 Å². The molecule has 0 atom stereocenters. The molecule has 0 saturated carbocycles. The van der Waals surface area contributed by atoms with Crippen LogP contribution in [0.5, 0.6) is 0 Å². The summed E-state index contributed by atoms with van der Waals surface area (Å²) in [5.74, 6) is 0.130. The minimum atomic E-state index is -0.304. The molecule has 1 aliphatic heterocycles. The van der Waals surface area contributed by atoms with Gasteiger partial charge in [-0.25, -0.2) is 4.39 Å². The van der Waals surface area contributed by atoms with E-state index in [0.717, 1.165) is 41.7 Å². The lowest BCUT2D eigenvalue weighted by Crippen LogP contribution is -2.27. The van der Waals surface area contributed by atoms with E-state index >= 15 is 0 Å². The van der Waals surface area contributed by atoms with Crippen LogP contribution in [0.1, 0.15) is 32.9 Å². The number of furan rings is 1. The highest BCUT2D eigenvalue weighted by Crippen LogP contribution is 2.26. The largest absolute Gasteiger partial charge is 0.459 e. The monoisotopic (exact) mass is 339 g/mol. The van der Waals surface area contributed by atoms with Crippen LogP contribution in [0.2, 0.25) is 0 Å². The van der Waals surface area contributed by atoms with Crippen molar-refractivity contribution in [1.29, 1.82) is 0 Å². The Balaban J connectivity index is 1.51. The molecule has 4 rings (SSSR count). The molecule has 1 aromatic carbocycles. The van der Waals surface area contributed by atoms with E-state index in [2.05, 4.69) is 15.6 Å². The zero-order chi connectivity index (χ0) is 17.4. The van der Waals surface area contributed by atoms with Crippen molar-refractivity contribution in [1.82, 2.24) is 15.6 Å². The minimum Gasteiger partial charge on any atom is -0.459 e. The zero-order valence-corrected chi connectivity index (χ0v) is 13.9. The van der Waals surface area contributed by atoms with Crippen LogP contribution in [0.3, 0.4) is 0 Å². The second kappa shape index (κ2) is 6.29. The second-order valence-electron chi connectivity index (χ2n) is 6.23. The summed E-state index contributed by atoms with van der Waals surface area (Å²) in [5.41, 5.74) is 4.11. The number of halogens is 1. The maximum Gasteiger partial charge on any atom is 0.253 e. The summed E-state index contributed by atoms with van der Waals surface area (Å²) in [7, 11) is 0. The van der Waals surface area contributed by atoms with Gasteiger partial charge in [0.25, 0.3) is 5.91 Å². The number of amides is 1. The Bertz CT molecular complexity index is 965. The molecule has 0 spiro atoms. The van der Waals surface area contributed by atoms with Crippen molar-refractivity contribution < 1.29 is 13.6 Å². The molecule has 0 bridgehead atoms. The van der Waals surface area contributed by atoms with E-state index < -0.39 is 0 Å². The number of nitrogens with zero attached hydrogens (tertiary/aromatic N) is 1. The number of hydrogen-bond donors (Lipinski definition) is 2. The van der Waals surface area contributed by atoms with Crippen LogP contribution in [-0.2, 0) is 19.5 Å². The molecule has 3 aromatic rings. The van der Waals surface area contributed by atoms with Crippen LogP contribution >= 0.6 is 0 Å². The number of aryl methyl sites for hydroxylation is 1. The third-order valence-corrected chi connectivity index (χ3v) is 4.59. The second-order valence-corrected chi connectivity index (χ2v) is 6.23. The number of carbonyl (C=O) groups is 1. The van der Waals surface area contributed by atoms with E-state index in [1.165, 1.54) is 12.1 Å². The van der Waals surface area contributed by atoms with E-state index in [4.69, 9.17) is 4.42 Å². The van der Waals surface area contributed by atoms with Crippen LogP contribution in [0.25, 0.3) is 11.0 Å². The lowest BCUT2D eigenvalue weighted by molar-refractivity contribution is 0.0947. The average molecular weight is 339 g/mol. The van der Waals surface area contributed by atoms with E-state index in [1.54, 1.807) is 12.3 Å². The van der Waals surface area contributed by atoms with E-state index in [-0.39, 0.29) is 18.3 Å². The highest BCUT2D eigenvalue weighted by Gasteiger charge is 2.16. The van der Waals surface area contributed by atoms with Gasteiger partial charge in [0.15, 0.2) is 0 Å². The maximum absolute atomic E-state index is 13.4. The van der Waals surface area contributed by atoms with Gasteiger partial charge < -0.3 is 15.1 Å². The average Bonchev–Trinajstić information content (AvgIpc) is 2.95. The van der Waals surface area contributed by atoms with Crippen molar-refractivity contribution in [2.45, 2.75) is 26.4 Å². The number of hydrogen-bond acceptors (Lipinski definition) is 4. The van der Waals surface area contributed by atoms with Crippen LogP contribution in [0, 0.1) is 12.7 Å². The molecule has 25 heavy (non-hydrogen) atoms. The lowest BCUT2D eigenvalue weighted by Gasteiger charge is -2.16. The Hall–Kier alpha value is -2.73. The van der Waals surface area contributed by atoms with Gasteiger partial charge in [-0.15, -0.1) is 0 Å². The molecule has 2 N–H and O–H groups in total. The van der Waals surface area contributed by atoms with Gasteiger partial charge in [-0.05, 0) is 49.7 Å². The molecule has 3 heterocycles. The third-order valence-electron chi connectivity index (χ3n) is 4.59. The fourth-order valence-electron chi connectivity index (χ4n) is 3.14. The van der Waals surface area contributed by atoms with Crippen LogP contribution in [0.15, 0.2) is 34.9 Å². The van der Waals surface area contributed by atoms with Gasteiger partial charge in [-0.1, -0.05) is 0 Å². The Morgan fingerprint density at radius 2 is 2.28 bits per heavy atom. The van der Waals surface area contributed by atoms with Gasteiger partial charge in [0.05, 0.1) is 17.8 Å². The van der Waals surface area contributed by atoms with Crippen LogP contribution in [0.4, 0.5) is 4.39 Å². The smallest absolute Gasteiger partial charge is 0.253 e. The Kier molecular flexibility index (Phi) is 3.97. The van der Waals surface area contributed by atoms with Gasteiger partial charge in [-0.2, -0.15) is 0 Å². The molecule has 0 saturated heterocycles. The first-order valence-electron chi connectivity index (χ1n) is 8.26. The highest BCUT2D eigenvalue weighted by atomic mass is 19.1. The first-order chi connectivity index (χ1) is 12.1. The minimum absolute atomic E-state index is 0.195. The Morgan fingerprint density at radius 1 is 1.40 bits per heavy atom. The number of nitrogens with one attached hydrogen (secondary N) is 2. The van der Waals surface area contributed by atoms with Crippen LogP contribution < -0.4 is 10.6 Å². The molecular weight excluding hydrogens is 321 g/mol. The van der Waals surface area contributed by atoms with Crippen molar-refractivity contribution in [3.63, 3.8) is 0 Å². The zero-order valence-electron chi connectivity index (χ0n) is 13.9. The predicted molar refractivity (Wildman–Crippen MR) is 91.7 cm³/mol. The molecule has 0 aliphatic carbocycles. The number of aromatic nitrogens is 1. The fourth-order valence-corrected chi connectivity index (χ4v) is 3.14. The molecule has 0 unspecified atom stereocenters. The van der Waals surface area contributed by atoms with Gasteiger partial charge in [0.2, 0.25) is 0 Å². The standard InChI is InChI=1S/C19H18FN3O2/c1-11-15-7-14(20)2-3-17(15)25-18(11)10-23-19(24)13-6-12-4-5-21-9-16(12)22-8-13/h2-3,6-8,21H,4-5,9-10H2,1H3,(H,23,24). The van der Waals surface area contributed by atoms with Crippen LogP contribution in [-0.4, -0.2) is 17.4 Å². The third kappa shape index (κ3) is 3.00. The van der Waals surface area contributed by atoms with E-state index in [9.17, 15) is 9.18 Å². The normalized spacial score (nSPS) is 13.7. The number of carbonyl (C=O) groups excluding carboxylic acids is 1. The van der Waals surface area contributed by atoms with Crippen molar-refractivity contribution in [3.05, 3.63) is 64.4 Å². The number of benzene rings is 1. The van der Waals surface area contributed by atoms with Gasteiger partial charge in [0.1, 0.15) is 17.2 Å². The molecular formula is C19H18FN3O2. The summed E-state index contributed by atoms with van der Waals surface area (Å²) in [6.45, 7) is 3.75. The summed E-state index contributed by atoms with van der Waals surface area (Å²) >= 11 is 0. The summed E-state index contributed by atoms with van der Waals surface area (Å²) in [6, 6.07) is 6.31. The Labute approximate surface area is 144 Å². The summed E-state index contributed by atoms with van der Waals surface area (Å²) in [5, 5.41) is 6.84. The van der Waals surface area contributed by atoms with E-state index in [0.29, 0.717) is 16.9 Å². The summed E-state index contributed by atoms with van der Waals surface area (Å²) < 4.78 is 19.1. The van der Waals surface area contributed by atoms with Crippen molar-refractivity contribution in [3.8, 4) is 0 Å². The lowest BCUT2D eigenvalue weighted by atomic mass is 10.0. The molecule has 6 heteroatoms. The number of pyridine rings is 1. The topological polar surface area (TPSA) is 67.2 Å². The molecule has 2 aromatic heterocycles. The first kappa shape index (κ1) is 15.8. The molecule has 5 nitrogen and oxygen atoms in total. The van der Waals surface area contributed by atoms with E-state index in [1.807, 2.05) is 13.0 Å². The fraction of sp³-hybridized carbons (Fsp3) is 0.263. The summed E-state index contributed by atoms with van der Waals surface area (Å²) in [6.07, 6.45) is 2.47. The SMILES string of the molecule is Cc1c(CNC(=O)c2cnc3c(c2)CCNC3)oc2ccc(F)cc12. The summed E-state index contributed by atoms with van der Waals surface area (Å²) in [4.78, 5) is 16.8. The maximum atomic E-state index is 13.4. The molecule has 0 fully saturated rings. The molecule has 1 aliphatic rings. The predicted octanol–water partition coefficient (Wildman–Crippen LogP) is 2.85. The molecule has 128 valence electrons. The highest BCUT2D eigenvalue weighted by molar-refractivity contribution is 5.94.